The van der Waals surface area contributed by atoms with Gasteiger partial charge in [-0.3, -0.25) is 20.2 Å². The molecular weight excluding hydrogens is 518 g/mol. The number of carbonyl (C=O) groups excluding carboxylic acids is 5. The molecule has 0 spiro atoms. The summed E-state index contributed by atoms with van der Waals surface area (Å²) >= 11 is 0. The molecule has 2 rings (SSSR count). The van der Waals surface area contributed by atoms with E-state index in [1.807, 2.05) is 0 Å². The van der Waals surface area contributed by atoms with E-state index in [2.05, 4.69) is 34.1 Å². The lowest BCUT2D eigenvalue weighted by Crippen LogP contribution is -2.48. The molecule has 1 aliphatic heterocycles. The number of imide groups is 3. The molecule has 1 atom stereocenters. The van der Waals surface area contributed by atoms with E-state index in [0.29, 0.717) is 10.5 Å². The molecule has 0 bridgehead atoms. The molecule has 1 saturated heterocycles. The average Bonchev–Trinajstić information content (AvgIpc) is 3.09. The third-order valence-electron chi connectivity index (χ3n) is 5.04. The number of rotatable bonds is 6. The fourth-order valence-corrected chi connectivity index (χ4v) is 3.60. The van der Waals surface area contributed by atoms with Gasteiger partial charge in [0.25, 0.3) is 11.8 Å². The summed E-state index contributed by atoms with van der Waals surface area (Å²) < 4.78 is 10.3. The number of aliphatic imine (C=N–C) groups is 1. The number of hydrogen-bond acceptors (Lipinski definition) is 8. The highest BCUT2D eigenvalue weighted by Crippen LogP contribution is 2.37. The second-order valence-electron chi connectivity index (χ2n) is 10.6. The number of benzene rings is 1. The number of amides is 6. The SMILES string of the molecule is C=C/C=C(\C=C)C1(c2ccccc2)NC(=O)N(C(=O)CN=C(NC(=O)OC(C)(C)C)NC(=O)OC(C)(C)C)C1=O. The Labute approximate surface area is 233 Å². The number of nitrogens with zero attached hydrogens (tertiary/aromatic N) is 2. The maximum absolute atomic E-state index is 13.7. The van der Waals surface area contributed by atoms with E-state index >= 15 is 0 Å². The third kappa shape index (κ3) is 7.88. The van der Waals surface area contributed by atoms with Crippen LogP contribution in [0, 0.1) is 0 Å². The highest BCUT2D eigenvalue weighted by atomic mass is 16.6. The van der Waals surface area contributed by atoms with Gasteiger partial charge in [-0.15, -0.1) is 0 Å². The Bertz CT molecular complexity index is 1220. The van der Waals surface area contributed by atoms with Gasteiger partial charge in [-0.1, -0.05) is 61.7 Å². The Kier molecular flexibility index (Phi) is 9.77. The lowest BCUT2D eigenvalue weighted by Gasteiger charge is -2.28. The smallest absolute Gasteiger partial charge is 0.414 e. The minimum atomic E-state index is -1.75. The Morgan fingerprint density at radius 3 is 1.95 bits per heavy atom. The molecule has 12 heteroatoms. The molecule has 3 N–H and O–H groups in total. The van der Waals surface area contributed by atoms with Gasteiger partial charge in [0.05, 0.1) is 0 Å². The number of alkyl carbamates (subject to hydrolysis) is 2. The van der Waals surface area contributed by atoms with Crippen LogP contribution in [0.2, 0.25) is 0 Å². The van der Waals surface area contributed by atoms with Gasteiger partial charge >= 0.3 is 18.2 Å². The first kappa shape index (κ1) is 31.5. The monoisotopic (exact) mass is 553 g/mol. The minimum absolute atomic E-state index is 0.282. The van der Waals surface area contributed by atoms with Crippen LogP contribution in [0.25, 0.3) is 0 Å². The van der Waals surface area contributed by atoms with Crippen molar-refractivity contribution in [3.8, 4) is 0 Å². The summed E-state index contributed by atoms with van der Waals surface area (Å²) in [6, 6.07) is 7.34. The highest BCUT2D eigenvalue weighted by Gasteiger charge is 2.56. The summed E-state index contributed by atoms with van der Waals surface area (Å²) in [7, 11) is 0. The second-order valence-corrected chi connectivity index (χ2v) is 10.6. The van der Waals surface area contributed by atoms with Crippen LogP contribution in [0.1, 0.15) is 47.1 Å². The standard InChI is InChI=1S/C28H35N5O7/c1-9-14-18(10-2)28(19-15-12-11-13-16-19)21(35)33(23(36)32-28)20(34)17-29-22(30-24(37)39-26(3,4)5)31-25(38)40-27(6,7)8/h9-16H,1-2,17H2,3-8H3,(H,32,36)(H2,29,30,31,37,38)/b18-14+. The first-order chi connectivity index (χ1) is 18.5. The number of guanidine groups is 1. The van der Waals surface area contributed by atoms with E-state index in [-0.39, 0.29) is 5.57 Å². The highest BCUT2D eigenvalue weighted by molar-refractivity contribution is 6.20. The fraction of sp³-hybridized carbons (Fsp3) is 0.357. The van der Waals surface area contributed by atoms with Gasteiger partial charge in [0.15, 0.2) is 5.54 Å². The first-order valence-corrected chi connectivity index (χ1v) is 12.3. The van der Waals surface area contributed by atoms with Crippen LogP contribution in [0.4, 0.5) is 14.4 Å². The van der Waals surface area contributed by atoms with Crippen molar-refractivity contribution in [1.29, 1.82) is 0 Å². The van der Waals surface area contributed by atoms with E-state index in [1.54, 1.807) is 71.9 Å². The lowest BCUT2D eigenvalue weighted by molar-refractivity contribution is -0.140. The van der Waals surface area contributed by atoms with Crippen LogP contribution in [0.3, 0.4) is 0 Å². The van der Waals surface area contributed by atoms with Crippen molar-refractivity contribution in [2.24, 2.45) is 4.99 Å². The van der Waals surface area contributed by atoms with Crippen molar-refractivity contribution >= 4 is 36.0 Å². The van der Waals surface area contributed by atoms with Gasteiger partial charge in [-0.2, -0.15) is 4.90 Å². The first-order valence-electron chi connectivity index (χ1n) is 12.3. The van der Waals surface area contributed by atoms with Gasteiger partial charge in [0.1, 0.15) is 17.7 Å². The molecule has 1 aromatic rings. The van der Waals surface area contributed by atoms with Gasteiger partial charge in [-0.25, -0.2) is 19.4 Å². The molecule has 12 nitrogen and oxygen atoms in total. The molecule has 0 saturated carbocycles. The van der Waals surface area contributed by atoms with Gasteiger partial charge in [0, 0.05) is 0 Å². The Hall–Kier alpha value is -4.74. The Morgan fingerprint density at radius 2 is 1.50 bits per heavy atom. The zero-order valence-electron chi connectivity index (χ0n) is 23.5. The molecule has 1 heterocycles. The van der Waals surface area contributed by atoms with E-state index < -0.39 is 59.3 Å². The molecule has 1 unspecified atom stereocenters. The van der Waals surface area contributed by atoms with Gasteiger partial charge in [-0.05, 0) is 52.7 Å². The molecule has 0 aromatic heterocycles. The van der Waals surface area contributed by atoms with E-state index in [0.717, 1.165) is 0 Å². The molecular formula is C28H35N5O7. The average molecular weight is 554 g/mol. The number of hydrogen-bond donors (Lipinski definition) is 3. The lowest BCUT2D eigenvalue weighted by atomic mass is 9.82. The maximum atomic E-state index is 13.7. The molecule has 214 valence electrons. The van der Waals surface area contributed by atoms with Crippen LogP contribution < -0.4 is 16.0 Å². The molecule has 40 heavy (non-hydrogen) atoms. The predicted molar refractivity (Wildman–Crippen MR) is 148 cm³/mol. The molecule has 0 radical (unpaired) electrons. The largest absolute Gasteiger partial charge is 0.444 e. The van der Waals surface area contributed by atoms with Crippen LogP contribution in [0.5, 0.6) is 0 Å². The van der Waals surface area contributed by atoms with Crippen molar-refractivity contribution in [3.05, 3.63) is 72.9 Å². The summed E-state index contributed by atoms with van der Waals surface area (Å²) in [5.41, 5.74) is -2.83. The Balaban J connectivity index is 2.41. The summed E-state index contributed by atoms with van der Waals surface area (Å²) in [6.07, 6.45) is 2.35. The Morgan fingerprint density at radius 1 is 0.975 bits per heavy atom. The third-order valence-corrected chi connectivity index (χ3v) is 5.04. The maximum Gasteiger partial charge on any atom is 0.414 e. The quantitative estimate of drug-likeness (QED) is 0.210. The van der Waals surface area contributed by atoms with Crippen molar-refractivity contribution in [2.75, 3.05) is 6.54 Å². The zero-order valence-corrected chi connectivity index (χ0v) is 23.5. The molecule has 1 aromatic carbocycles. The molecule has 1 fully saturated rings. The van der Waals surface area contributed by atoms with E-state index in [4.69, 9.17) is 9.47 Å². The number of allylic oxidation sites excluding steroid dienone is 2. The van der Waals surface area contributed by atoms with Crippen molar-refractivity contribution < 1.29 is 33.4 Å². The van der Waals surface area contributed by atoms with Gasteiger partial charge in [0.2, 0.25) is 5.96 Å². The van der Waals surface area contributed by atoms with E-state index in [1.165, 1.54) is 18.2 Å². The fourth-order valence-electron chi connectivity index (χ4n) is 3.60. The predicted octanol–water partition coefficient (Wildman–Crippen LogP) is 3.66. The number of carbonyl (C=O) groups is 5. The minimum Gasteiger partial charge on any atom is -0.444 e. The summed E-state index contributed by atoms with van der Waals surface area (Å²) in [5, 5.41) is 7.07. The van der Waals surface area contributed by atoms with Crippen LogP contribution in [-0.4, -0.2) is 58.6 Å². The topological polar surface area (TPSA) is 156 Å². The van der Waals surface area contributed by atoms with Crippen LogP contribution in [-0.2, 0) is 24.6 Å². The second kappa shape index (κ2) is 12.4. The van der Waals surface area contributed by atoms with Crippen LogP contribution in [0.15, 0.2) is 72.3 Å². The zero-order chi connectivity index (χ0) is 30.3. The normalized spacial score (nSPS) is 17.4. The number of ether oxygens (including phenoxy) is 2. The van der Waals surface area contributed by atoms with E-state index in [9.17, 15) is 24.0 Å². The number of urea groups is 1. The van der Waals surface area contributed by atoms with Crippen molar-refractivity contribution in [2.45, 2.75) is 58.3 Å². The summed E-state index contributed by atoms with van der Waals surface area (Å²) in [4.78, 5) is 68.9. The van der Waals surface area contributed by atoms with Crippen molar-refractivity contribution in [3.63, 3.8) is 0 Å². The van der Waals surface area contributed by atoms with Crippen molar-refractivity contribution in [1.82, 2.24) is 20.9 Å². The summed E-state index contributed by atoms with van der Waals surface area (Å²) in [6.45, 7) is 16.3. The van der Waals surface area contributed by atoms with Crippen LogP contribution >= 0.6 is 0 Å². The molecule has 0 aliphatic carbocycles. The number of nitrogens with one attached hydrogen (secondary N) is 3. The summed E-state index contributed by atoms with van der Waals surface area (Å²) in [5.74, 6) is -2.41. The van der Waals surface area contributed by atoms with Gasteiger partial charge < -0.3 is 14.8 Å². The molecule has 6 amide bonds. The molecule has 1 aliphatic rings.